The lowest BCUT2D eigenvalue weighted by atomic mass is 10.1. The summed E-state index contributed by atoms with van der Waals surface area (Å²) < 4.78 is 10.7. The first kappa shape index (κ1) is 16.6. The fourth-order valence-corrected chi connectivity index (χ4v) is 2.17. The zero-order valence-corrected chi connectivity index (χ0v) is 13.4. The molecule has 0 aliphatic rings. The third-order valence-corrected chi connectivity index (χ3v) is 3.31. The number of ether oxygens (including phenoxy) is 1. The molecule has 6 heteroatoms. The number of benzene rings is 1. The lowest BCUT2D eigenvalue weighted by Gasteiger charge is -2.11. The fraction of sp³-hybridized carbons (Fsp3) is 0.294. The predicted molar refractivity (Wildman–Crippen MR) is 85.1 cm³/mol. The van der Waals surface area contributed by atoms with Gasteiger partial charge in [0.25, 0.3) is 11.8 Å². The maximum Gasteiger partial charge on any atom is 0.276 e. The van der Waals surface area contributed by atoms with Crippen LogP contribution in [0.5, 0.6) is 5.75 Å². The molecule has 6 nitrogen and oxygen atoms in total. The number of amides is 2. The summed E-state index contributed by atoms with van der Waals surface area (Å²) in [5, 5.41) is 0. The number of hydrogen-bond donors (Lipinski definition) is 2. The molecule has 0 fully saturated rings. The van der Waals surface area contributed by atoms with Crippen LogP contribution in [0.1, 0.15) is 34.4 Å². The molecule has 1 aromatic heterocycles. The van der Waals surface area contributed by atoms with Crippen LogP contribution in [0.3, 0.4) is 0 Å². The summed E-state index contributed by atoms with van der Waals surface area (Å²) in [7, 11) is 0. The Labute approximate surface area is 134 Å². The molecule has 0 aliphatic heterocycles. The molecule has 0 saturated carbocycles. The van der Waals surface area contributed by atoms with Crippen molar-refractivity contribution >= 4 is 11.8 Å². The average molecular weight is 316 g/mol. The van der Waals surface area contributed by atoms with Gasteiger partial charge in [-0.15, -0.1) is 0 Å². The van der Waals surface area contributed by atoms with E-state index in [0.29, 0.717) is 22.8 Å². The Morgan fingerprint density at radius 2 is 1.91 bits per heavy atom. The second kappa shape index (κ2) is 7.49. The van der Waals surface area contributed by atoms with E-state index < -0.39 is 11.8 Å². The molecule has 0 saturated heterocycles. The SMILES string of the molecule is CCc1ccccc1OCC(=O)NNC(=O)c1cc(C)oc1C. The van der Waals surface area contributed by atoms with Crippen LogP contribution in [-0.2, 0) is 11.2 Å². The summed E-state index contributed by atoms with van der Waals surface area (Å²) in [6.07, 6.45) is 0.813. The van der Waals surface area contributed by atoms with Crippen molar-refractivity contribution in [2.24, 2.45) is 0 Å². The van der Waals surface area contributed by atoms with E-state index in [1.54, 1.807) is 19.9 Å². The number of nitrogens with one attached hydrogen (secondary N) is 2. The molecule has 1 heterocycles. The van der Waals surface area contributed by atoms with Crippen LogP contribution in [0.25, 0.3) is 0 Å². The summed E-state index contributed by atoms with van der Waals surface area (Å²) >= 11 is 0. The Morgan fingerprint density at radius 1 is 1.17 bits per heavy atom. The van der Waals surface area contributed by atoms with Crippen molar-refractivity contribution in [1.82, 2.24) is 10.9 Å². The Morgan fingerprint density at radius 3 is 2.57 bits per heavy atom. The lowest BCUT2D eigenvalue weighted by Crippen LogP contribution is -2.43. The molecule has 1 aromatic carbocycles. The van der Waals surface area contributed by atoms with Crippen LogP contribution in [0.4, 0.5) is 0 Å². The molecule has 0 unspecified atom stereocenters. The van der Waals surface area contributed by atoms with Crippen LogP contribution in [0.15, 0.2) is 34.7 Å². The zero-order valence-electron chi connectivity index (χ0n) is 13.4. The number of para-hydroxylation sites is 1. The van der Waals surface area contributed by atoms with E-state index in [4.69, 9.17) is 9.15 Å². The maximum absolute atomic E-state index is 11.9. The topological polar surface area (TPSA) is 80.6 Å². The Kier molecular flexibility index (Phi) is 5.41. The highest BCUT2D eigenvalue weighted by Gasteiger charge is 2.14. The smallest absolute Gasteiger partial charge is 0.276 e. The number of carbonyl (C=O) groups is 2. The summed E-state index contributed by atoms with van der Waals surface area (Å²) in [4.78, 5) is 23.7. The number of hydrazine groups is 1. The molecule has 2 amide bonds. The van der Waals surface area contributed by atoms with Gasteiger partial charge >= 0.3 is 0 Å². The van der Waals surface area contributed by atoms with Crippen molar-refractivity contribution in [2.45, 2.75) is 27.2 Å². The predicted octanol–water partition coefficient (Wildman–Crippen LogP) is 2.30. The Balaban J connectivity index is 1.83. The Bertz CT molecular complexity index is 706. The molecule has 0 spiro atoms. The minimum atomic E-state index is -0.442. The van der Waals surface area contributed by atoms with E-state index in [9.17, 15) is 9.59 Å². The van der Waals surface area contributed by atoms with Crippen LogP contribution < -0.4 is 15.6 Å². The van der Waals surface area contributed by atoms with Gasteiger partial charge in [-0.3, -0.25) is 20.4 Å². The summed E-state index contributed by atoms with van der Waals surface area (Å²) in [5.41, 5.74) is 6.07. The van der Waals surface area contributed by atoms with Gasteiger partial charge in [0.1, 0.15) is 17.3 Å². The summed E-state index contributed by atoms with van der Waals surface area (Å²) in [6, 6.07) is 9.13. The van der Waals surface area contributed by atoms with Crippen LogP contribution in [0, 0.1) is 13.8 Å². The second-order valence-corrected chi connectivity index (χ2v) is 5.08. The van der Waals surface area contributed by atoms with E-state index >= 15 is 0 Å². The highest BCUT2D eigenvalue weighted by Crippen LogP contribution is 2.18. The molecule has 0 bridgehead atoms. The average Bonchev–Trinajstić information content (AvgIpc) is 2.89. The molecule has 2 rings (SSSR count). The first-order valence-electron chi connectivity index (χ1n) is 7.38. The molecule has 122 valence electrons. The zero-order chi connectivity index (χ0) is 16.8. The monoisotopic (exact) mass is 316 g/mol. The minimum Gasteiger partial charge on any atom is -0.483 e. The third-order valence-electron chi connectivity index (χ3n) is 3.31. The first-order chi connectivity index (χ1) is 11.0. The van der Waals surface area contributed by atoms with Crippen molar-refractivity contribution in [1.29, 1.82) is 0 Å². The van der Waals surface area contributed by atoms with Crippen LogP contribution in [-0.4, -0.2) is 18.4 Å². The number of carbonyl (C=O) groups excluding carboxylic acids is 2. The fourth-order valence-electron chi connectivity index (χ4n) is 2.17. The summed E-state index contributed by atoms with van der Waals surface area (Å²) in [6.45, 7) is 5.27. The van der Waals surface area contributed by atoms with Gasteiger partial charge in [-0.2, -0.15) is 0 Å². The van der Waals surface area contributed by atoms with Gasteiger partial charge in [-0.25, -0.2) is 0 Å². The van der Waals surface area contributed by atoms with E-state index in [0.717, 1.165) is 12.0 Å². The summed E-state index contributed by atoms with van der Waals surface area (Å²) in [5.74, 6) is 0.933. The largest absolute Gasteiger partial charge is 0.483 e. The molecule has 23 heavy (non-hydrogen) atoms. The number of hydrogen-bond acceptors (Lipinski definition) is 4. The quantitative estimate of drug-likeness (QED) is 0.829. The molecular formula is C17H20N2O4. The van der Waals surface area contributed by atoms with E-state index in [1.807, 2.05) is 31.2 Å². The van der Waals surface area contributed by atoms with Crippen molar-refractivity contribution in [2.75, 3.05) is 6.61 Å². The van der Waals surface area contributed by atoms with Gasteiger partial charge < -0.3 is 9.15 Å². The van der Waals surface area contributed by atoms with Gasteiger partial charge in [-0.1, -0.05) is 25.1 Å². The third kappa shape index (κ3) is 4.35. The molecule has 2 aromatic rings. The van der Waals surface area contributed by atoms with Gasteiger partial charge in [0.05, 0.1) is 5.56 Å². The normalized spacial score (nSPS) is 10.2. The van der Waals surface area contributed by atoms with Crippen molar-refractivity contribution < 1.29 is 18.7 Å². The number of aryl methyl sites for hydroxylation is 3. The van der Waals surface area contributed by atoms with Gasteiger partial charge in [0.15, 0.2) is 6.61 Å². The second-order valence-electron chi connectivity index (χ2n) is 5.08. The van der Waals surface area contributed by atoms with Crippen molar-refractivity contribution in [3.05, 3.63) is 53.0 Å². The van der Waals surface area contributed by atoms with Crippen molar-refractivity contribution in [3.63, 3.8) is 0 Å². The van der Waals surface area contributed by atoms with Crippen LogP contribution in [0.2, 0.25) is 0 Å². The standard InChI is InChI=1S/C17H20N2O4/c1-4-13-7-5-6-8-15(13)22-10-16(20)18-19-17(21)14-9-11(2)23-12(14)3/h5-9H,4,10H2,1-3H3,(H,18,20)(H,19,21). The molecule has 2 N–H and O–H groups in total. The molecule has 0 atom stereocenters. The minimum absolute atomic E-state index is 0.180. The lowest BCUT2D eigenvalue weighted by molar-refractivity contribution is -0.123. The van der Waals surface area contributed by atoms with E-state index in [1.165, 1.54) is 0 Å². The number of furan rings is 1. The molecule has 0 aliphatic carbocycles. The van der Waals surface area contributed by atoms with Gasteiger partial charge in [0.2, 0.25) is 0 Å². The molecule has 0 radical (unpaired) electrons. The van der Waals surface area contributed by atoms with Gasteiger partial charge in [-0.05, 0) is 38.0 Å². The highest BCUT2D eigenvalue weighted by molar-refractivity contribution is 5.96. The highest BCUT2D eigenvalue weighted by atomic mass is 16.5. The van der Waals surface area contributed by atoms with Crippen LogP contribution >= 0.6 is 0 Å². The van der Waals surface area contributed by atoms with Crippen molar-refractivity contribution in [3.8, 4) is 5.75 Å². The van der Waals surface area contributed by atoms with E-state index in [2.05, 4.69) is 10.9 Å². The molecular weight excluding hydrogens is 296 g/mol. The van der Waals surface area contributed by atoms with E-state index in [-0.39, 0.29) is 6.61 Å². The first-order valence-corrected chi connectivity index (χ1v) is 7.38. The maximum atomic E-state index is 11.9. The Hall–Kier alpha value is -2.76. The van der Waals surface area contributed by atoms with Gasteiger partial charge in [0, 0.05) is 0 Å². The number of rotatable bonds is 5.